The number of carbonyl (C=O) groups excluding carboxylic acids is 1. The van der Waals surface area contributed by atoms with Crippen molar-refractivity contribution in [3.8, 4) is 0 Å². The molecule has 3 rings (SSSR count). The Morgan fingerprint density at radius 1 is 1.22 bits per heavy atom. The number of aliphatic hydroxyl groups is 1. The van der Waals surface area contributed by atoms with Gasteiger partial charge in [0.25, 0.3) is 0 Å². The van der Waals surface area contributed by atoms with E-state index in [1.165, 1.54) is 23.6 Å². The fourth-order valence-electron chi connectivity index (χ4n) is 3.00. The Labute approximate surface area is 162 Å². The summed E-state index contributed by atoms with van der Waals surface area (Å²) in [6.45, 7) is 1.53. The third-order valence-electron chi connectivity index (χ3n) is 4.45. The van der Waals surface area contributed by atoms with E-state index in [4.69, 9.17) is 0 Å². The number of hydrogen-bond donors (Lipinski definition) is 2. The van der Waals surface area contributed by atoms with Crippen LogP contribution in [0.4, 0.5) is 18.3 Å². The van der Waals surface area contributed by atoms with Crippen molar-refractivity contribution in [1.82, 2.24) is 9.97 Å². The van der Waals surface area contributed by atoms with E-state index in [1.54, 1.807) is 0 Å². The Morgan fingerprint density at radius 3 is 2.56 bits per heavy atom. The lowest BCUT2D eigenvalue weighted by molar-refractivity contribution is -0.266. The molecule has 0 spiro atoms. The van der Waals surface area contributed by atoms with Crippen molar-refractivity contribution in [3.63, 3.8) is 0 Å². The minimum Gasteiger partial charge on any atom is -0.374 e. The zero-order chi connectivity index (χ0) is 19.7. The number of aromatic nitrogens is 2. The van der Waals surface area contributed by atoms with Gasteiger partial charge in [-0.15, -0.1) is 22.7 Å². The highest BCUT2D eigenvalue weighted by Crippen LogP contribution is 2.43. The number of halogens is 3. The van der Waals surface area contributed by atoms with Crippen LogP contribution in [0.1, 0.15) is 53.4 Å². The molecular formula is C17H20F3N3O2S2. The van der Waals surface area contributed by atoms with Crippen molar-refractivity contribution in [2.45, 2.75) is 63.6 Å². The van der Waals surface area contributed by atoms with Gasteiger partial charge in [0.05, 0.1) is 12.1 Å². The van der Waals surface area contributed by atoms with Gasteiger partial charge in [0.15, 0.2) is 5.13 Å². The van der Waals surface area contributed by atoms with E-state index in [-0.39, 0.29) is 5.13 Å². The lowest BCUT2D eigenvalue weighted by Crippen LogP contribution is -2.45. The second kappa shape index (κ2) is 7.84. The number of anilines is 1. The van der Waals surface area contributed by atoms with Crippen LogP contribution in [0.15, 0.2) is 5.38 Å². The number of hydrogen-bond acceptors (Lipinski definition) is 6. The van der Waals surface area contributed by atoms with Crippen molar-refractivity contribution < 1.29 is 23.1 Å². The molecule has 0 saturated heterocycles. The van der Waals surface area contributed by atoms with E-state index in [2.05, 4.69) is 15.3 Å². The lowest BCUT2D eigenvalue weighted by Gasteiger charge is -2.27. The van der Waals surface area contributed by atoms with Crippen molar-refractivity contribution in [1.29, 1.82) is 0 Å². The summed E-state index contributed by atoms with van der Waals surface area (Å²) in [5.74, 6) is -0.940. The Hall–Kier alpha value is -1.52. The quantitative estimate of drug-likeness (QED) is 0.773. The minimum atomic E-state index is -5.02. The second-order valence-electron chi connectivity index (χ2n) is 6.68. The summed E-state index contributed by atoms with van der Waals surface area (Å²) < 4.78 is 40.5. The van der Waals surface area contributed by atoms with Crippen molar-refractivity contribution in [2.75, 3.05) is 5.32 Å². The van der Waals surface area contributed by atoms with Crippen LogP contribution >= 0.6 is 22.7 Å². The number of thiazole rings is 2. The summed E-state index contributed by atoms with van der Waals surface area (Å²) in [7, 11) is 0. The number of nitrogens with one attached hydrogen (secondary N) is 1. The maximum absolute atomic E-state index is 13.5. The molecule has 0 bridgehead atoms. The first-order chi connectivity index (χ1) is 12.7. The maximum atomic E-state index is 13.5. The van der Waals surface area contributed by atoms with E-state index in [0.717, 1.165) is 49.1 Å². The number of carbonyl (C=O) groups is 1. The number of fused-ring (bicyclic) bond motifs is 1. The molecule has 1 amide bonds. The van der Waals surface area contributed by atoms with E-state index in [1.807, 2.05) is 0 Å². The molecule has 27 heavy (non-hydrogen) atoms. The van der Waals surface area contributed by atoms with Crippen LogP contribution < -0.4 is 5.32 Å². The van der Waals surface area contributed by atoms with E-state index in [0.29, 0.717) is 17.0 Å². The summed E-state index contributed by atoms with van der Waals surface area (Å²) in [4.78, 5) is 21.5. The van der Waals surface area contributed by atoms with Gasteiger partial charge < -0.3 is 10.4 Å². The second-order valence-corrected chi connectivity index (χ2v) is 8.62. The topological polar surface area (TPSA) is 75.1 Å². The average Bonchev–Trinajstić information content (AvgIpc) is 3.13. The van der Waals surface area contributed by atoms with Gasteiger partial charge >= 0.3 is 6.18 Å². The van der Waals surface area contributed by atoms with Gasteiger partial charge in [0.1, 0.15) is 5.01 Å². The first-order valence-electron chi connectivity index (χ1n) is 8.69. The van der Waals surface area contributed by atoms with Gasteiger partial charge in [-0.2, -0.15) is 13.2 Å². The predicted octanol–water partition coefficient (Wildman–Crippen LogP) is 4.35. The molecule has 5 nitrogen and oxygen atoms in total. The zero-order valence-electron chi connectivity index (χ0n) is 14.7. The number of alkyl halides is 3. The molecule has 1 aliphatic rings. The molecule has 10 heteroatoms. The lowest BCUT2D eigenvalue weighted by atomic mass is 9.99. The number of nitrogens with zero attached hydrogens (tertiary/aromatic N) is 2. The molecule has 2 aromatic rings. The maximum Gasteiger partial charge on any atom is 0.424 e. The van der Waals surface area contributed by atoms with Gasteiger partial charge in [-0.25, -0.2) is 9.97 Å². The first-order valence-corrected chi connectivity index (χ1v) is 10.4. The molecule has 0 aromatic carbocycles. The predicted molar refractivity (Wildman–Crippen MR) is 98.0 cm³/mol. The molecular weight excluding hydrogens is 399 g/mol. The van der Waals surface area contributed by atoms with Gasteiger partial charge in [0.2, 0.25) is 11.5 Å². The van der Waals surface area contributed by atoms with E-state index < -0.39 is 29.1 Å². The van der Waals surface area contributed by atoms with Crippen LogP contribution in [0.25, 0.3) is 0 Å². The Morgan fingerprint density at radius 2 is 1.93 bits per heavy atom. The molecule has 1 unspecified atom stereocenters. The van der Waals surface area contributed by atoms with Crippen LogP contribution in [-0.2, 0) is 23.2 Å². The minimum absolute atomic E-state index is 0.284. The van der Waals surface area contributed by atoms with Crippen LogP contribution in [-0.4, -0.2) is 27.2 Å². The molecule has 148 valence electrons. The van der Waals surface area contributed by atoms with Gasteiger partial charge in [-0.3, -0.25) is 4.79 Å². The largest absolute Gasteiger partial charge is 0.424 e. The molecule has 0 aliphatic heterocycles. The molecule has 1 aliphatic carbocycles. The average molecular weight is 419 g/mol. The van der Waals surface area contributed by atoms with Crippen LogP contribution in [0.5, 0.6) is 0 Å². The summed E-state index contributed by atoms with van der Waals surface area (Å²) >= 11 is 1.98. The first kappa shape index (κ1) is 20.2. The standard InChI is InChI=1S/C17H20F3N3O2S2/c1-10-9-26-14(21-10)16(25,17(18,19)20)8-13(24)23-15-22-11-6-4-2-3-5-7-12(11)27-15/h9,25H,2-8H2,1H3,(H,22,23,24). The highest BCUT2D eigenvalue weighted by atomic mass is 32.1. The van der Waals surface area contributed by atoms with Crippen molar-refractivity contribution in [2.24, 2.45) is 0 Å². The Balaban J connectivity index is 1.76. The van der Waals surface area contributed by atoms with Crippen LogP contribution in [0.3, 0.4) is 0 Å². The van der Waals surface area contributed by atoms with Crippen LogP contribution in [0.2, 0.25) is 0 Å². The fraction of sp³-hybridized carbons (Fsp3) is 0.588. The molecule has 0 saturated carbocycles. The molecule has 2 aromatic heterocycles. The number of rotatable bonds is 4. The zero-order valence-corrected chi connectivity index (χ0v) is 16.4. The van der Waals surface area contributed by atoms with Gasteiger partial charge in [-0.1, -0.05) is 12.8 Å². The van der Waals surface area contributed by atoms with Crippen molar-refractivity contribution >= 4 is 33.7 Å². The third kappa shape index (κ3) is 4.49. The Bertz CT molecular complexity index is 793. The van der Waals surface area contributed by atoms with Crippen molar-refractivity contribution in [3.05, 3.63) is 26.7 Å². The molecule has 2 N–H and O–H groups in total. The molecule has 0 radical (unpaired) electrons. The van der Waals surface area contributed by atoms with Gasteiger partial charge in [0, 0.05) is 16.0 Å². The summed E-state index contributed by atoms with van der Waals surface area (Å²) in [5.41, 5.74) is -2.04. The summed E-state index contributed by atoms with van der Waals surface area (Å²) in [6, 6.07) is 0. The fourth-order valence-corrected chi connectivity index (χ4v) is 4.98. The smallest absolute Gasteiger partial charge is 0.374 e. The molecule has 1 atom stereocenters. The third-order valence-corrected chi connectivity index (χ3v) is 6.63. The van der Waals surface area contributed by atoms with E-state index in [9.17, 15) is 23.1 Å². The SMILES string of the molecule is Cc1csc(C(O)(CC(=O)Nc2nc3c(s2)CCCCCC3)C(F)(F)F)n1. The summed E-state index contributed by atoms with van der Waals surface area (Å²) in [6.07, 6.45) is -0.169. The molecule has 2 heterocycles. The monoisotopic (exact) mass is 419 g/mol. The highest BCUT2D eigenvalue weighted by molar-refractivity contribution is 7.15. The van der Waals surface area contributed by atoms with Gasteiger partial charge in [-0.05, 0) is 32.6 Å². The number of aryl methyl sites for hydroxylation is 3. The summed E-state index contributed by atoms with van der Waals surface area (Å²) in [5, 5.41) is 13.9. The Kier molecular flexibility index (Phi) is 5.87. The molecule has 0 fully saturated rings. The normalized spacial score (nSPS) is 17.5. The van der Waals surface area contributed by atoms with E-state index >= 15 is 0 Å². The van der Waals surface area contributed by atoms with Crippen LogP contribution in [0, 0.1) is 6.92 Å². The number of amides is 1. The highest BCUT2D eigenvalue weighted by Gasteiger charge is 2.58.